The van der Waals surface area contributed by atoms with Gasteiger partial charge in [-0.3, -0.25) is 10.1 Å². The maximum absolute atomic E-state index is 14.4. The maximum Gasteiger partial charge on any atom is 0.257 e. The Balaban J connectivity index is 1.34. The van der Waals surface area contributed by atoms with E-state index < -0.39 is 6.17 Å². The van der Waals surface area contributed by atoms with Crippen molar-refractivity contribution in [1.29, 1.82) is 0 Å². The Morgan fingerprint density at radius 3 is 2.92 bits per heavy atom. The van der Waals surface area contributed by atoms with Gasteiger partial charge in [0.25, 0.3) is 5.91 Å². The van der Waals surface area contributed by atoms with Gasteiger partial charge in [-0.15, -0.1) is 0 Å². The number of benzene rings is 2. The molecule has 3 aromatic rings. The first kappa shape index (κ1) is 26.0. The molecule has 5 N–H and O–H groups in total. The van der Waals surface area contributed by atoms with Gasteiger partial charge in [0.1, 0.15) is 18.3 Å². The average Bonchev–Trinajstić information content (AvgIpc) is 3.30. The molecule has 0 spiro atoms. The molecule has 1 aliphatic carbocycles. The Bertz CT molecular complexity index is 1190. The zero-order valence-electron chi connectivity index (χ0n) is 21.2. The van der Waals surface area contributed by atoms with E-state index >= 15 is 0 Å². The molecule has 0 saturated heterocycles. The lowest BCUT2D eigenvalue weighted by Crippen LogP contribution is -2.53. The number of nitrogens with zero attached hydrogens (tertiary/aromatic N) is 3. The van der Waals surface area contributed by atoms with E-state index in [0.29, 0.717) is 17.8 Å². The third-order valence-corrected chi connectivity index (χ3v) is 6.50. The lowest BCUT2D eigenvalue weighted by atomic mass is 9.87. The van der Waals surface area contributed by atoms with E-state index in [9.17, 15) is 9.18 Å². The molecule has 1 heterocycles. The largest absolute Gasteiger partial charge is 0.311 e. The van der Waals surface area contributed by atoms with Crippen LogP contribution in [0.25, 0.3) is 5.69 Å². The van der Waals surface area contributed by atoms with Gasteiger partial charge in [-0.2, -0.15) is 0 Å². The van der Waals surface area contributed by atoms with Crippen LogP contribution in [0.4, 0.5) is 10.2 Å². The fourth-order valence-electron chi connectivity index (χ4n) is 4.61. The van der Waals surface area contributed by atoms with Gasteiger partial charge in [-0.25, -0.2) is 9.37 Å². The fraction of sp³-hybridized carbons (Fsp3) is 0.407. The van der Waals surface area contributed by atoms with E-state index in [1.165, 1.54) is 0 Å². The number of nitrogens with one attached hydrogen (secondary N) is 3. The van der Waals surface area contributed by atoms with Crippen molar-refractivity contribution in [1.82, 2.24) is 25.1 Å². The van der Waals surface area contributed by atoms with E-state index in [2.05, 4.69) is 31.9 Å². The van der Waals surface area contributed by atoms with Crippen molar-refractivity contribution < 1.29 is 9.18 Å². The van der Waals surface area contributed by atoms with Crippen LogP contribution in [0.15, 0.2) is 48.9 Å². The number of aromatic nitrogens is 2. The van der Waals surface area contributed by atoms with Crippen LogP contribution in [-0.4, -0.2) is 59.8 Å². The van der Waals surface area contributed by atoms with Gasteiger partial charge in [-0.05, 0) is 74.7 Å². The highest BCUT2D eigenvalue weighted by molar-refractivity contribution is 5.93. The summed E-state index contributed by atoms with van der Waals surface area (Å²) in [5.74, 6) is -0.148. The highest BCUT2D eigenvalue weighted by Gasteiger charge is 2.25. The number of halogens is 1. The third kappa shape index (κ3) is 6.55. The third-order valence-electron chi connectivity index (χ3n) is 6.50. The summed E-state index contributed by atoms with van der Waals surface area (Å²) < 4.78 is 16.3. The van der Waals surface area contributed by atoms with Gasteiger partial charge in [0.2, 0.25) is 0 Å². The van der Waals surface area contributed by atoms with Gasteiger partial charge < -0.3 is 25.8 Å². The predicted octanol–water partition coefficient (Wildman–Crippen LogP) is 2.34. The normalized spacial score (nSPS) is 16.1. The van der Waals surface area contributed by atoms with E-state index in [-0.39, 0.29) is 17.8 Å². The van der Waals surface area contributed by atoms with Crippen molar-refractivity contribution in [2.75, 3.05) is 32.5 Å². The second kappa shape index (κ2) is 11.7. The monoisotopic (exact) mass is 493 g/mol. The van der Waals surface area contributed by atoms with Crippen LogP contribution in [-0.2, 0) is 24.2 Å². The number of likely N-dealkylation sites (N-methyl/N-ethyl adjacent to an activating group) is 1. The van der Waals surface area contributed by atoms with Crippen LogP contribution < -0.4 is 21.7 Å². The van der Waals surface area contributed by atoms with Crippen LogP contribution in [0.2, 0.25) is 0 Å². The molecule has 4 rings (SSSR count). The summed E-state index contributed by atoms with van der Waals surface area (Å²) in [7, 11) is 4.10. The van der Waals surface area contributed by atoms with E-state index in [1.807, 2.05) is 49.9 Å². The quantitative estimate of drug-likeness (QED) is 0.256. The summed E-state index contributed by atoms with van der Waals surface area (Å²) in [5.41, 5.74) is 10.9. The van der Waals surface area contributed by atoms with Crippen LogP contribution in [0.3, 0.4) is 0 Å². The molecule has 192 valence electrons. The summed E-state index contributed by atoms with van der Waals surface area (Å²) >= 11 is 0. The maximum atomic E-state index is 14.4. The number of carbonyl (C=O) groups is 1. The Kier molecular flexibility index (Phi) is 8.48. The predicted molar refractivity (Wildman–Crippen MR) is 141 cm³/mol. The molecular weight excluding hydrogens is 457 g/mol. The molecule has 0 aliphatic heterocycles. The van der Waals surface area contributed by atoms with Gasteiger partial charge >= 0.3 is 0 Å². The number of imidazole rings is 1. The second-order valence-electron chi connectivity index (χ2n) is 9.73. The van der Waals surface area contributed by atoms with Crippen molar-refractivity contribution in [2.45, 2.75) is 44.9 Å². The van der Waals surface area contributed by atoms with E-state index in [4.69, 9.17) is 5.73 Å². The summed E-state index contributed by atoms with van der Waals surface area (Å²) in [6.45, 7) is 4.47. The number of anilines is 1. The molecule has 0 saturated carbocycles. The standard InChI is InChI=1S/C27H36FN7O/c1-18-12-19-8-9-21(14-22(19)23(28)13-18)32-26(29)27(36)33-25-16-35(17-31-25)24-7-5-4-6-20(24)15-30-10-11-34(2)3/h4-7,12-13,16-17,21,26,30,32H,8-11,14-15,29H2,1-3H3,(H,33,36). The Morgan fingerprint density at radius 2 is 2.11 bits per heavy atom. The lowest BCUT2D eigenvalue weighted by Gasteiger charge is -2.28. The number of fused-ring (bicyclic) bond motifs is 1. The first-order valence-electron chi connectivity index (χ1n) is 12.4. The number of hydrogen-bond donors (Lipinski definition) is 4. The molecular formula is C27H36FN7O. The zero-order chi connectivity index (χ0) is 25.7. The van der Waals surface area contributed by atoms with Gasteiger partial charge in [0.15, 0.2) is 5.82 Å². The number of aryl methyl sites for hydroxylation is 2. The first-order valence-corrected chi connectivity index (χ1v) is 12.4. The number of carbonyl (C=O) groups excluding carboxylic acids is 1. The number of para-hydroxylation sites is 1. The number of amides is 1. The summed E-state index contributed by atoms with van der Waals surface area (Å²) in [5, 5.41) is 9.40. The highest BCUT2D eigenvalue weighted by Crippen LogP contribution is 2.25. The van der Waals surface area contributed by atoms with Crippen LogP contribution in [0, 0.1) is 12.7 Å². The van der Waals surface area contributed by atoms with Gasteiger partial charge in [0.05, 0.1) is 11.9 Å². The van der Waals surface area contributed by atoms with Gasteiger partial charge in [0, 0.05) is 25.7 Å². The number of hydrogen-bond acceptors (Lipinski definition) is 6. The van der Waals surface area contributed by atoms with Gasteiger partial charge in [-0.1, -0.05) is 24.3 Å². The minimum absolute atomic E-state index is 0.0695. The topological polar surface area (TPSA) is 100 Å². The van der Waals surface area contributed by atoms with E-state index in [0.717, 1.165) is 54.9 Å². The van der Waals surface area contributed by atoms with Crippen LogP contribution in [0.5, 0.6) is 0 Å². The van der Waals surface area contributed by atoms with E-state index in [1.54, 1.807) is 18.6 Å². The Hall–Kier alpha value is -3.11. The van der Waals surface area contributed by atoms with Crippen molar-refractivity contribution >= 4 is 11.7 Å². The summed E-state index contributed by atoms with van der Waals surface area (Å²) in [4.78, 5) is 19.2. The Labute approximate surface area is 212 Å². The molecule has 0 radical (unpaired) electrons. The molecule has 2 aromatic carbocycles. The molecule has 2 unspecified atom stereocenters. The number of rotatable bonds is 10. The van der Waals surface area contributed by atoms with Crippen molar-refractivity contribution in [3.05, 3.63) is 77.0 Å². The molecule has 8 nitrogen and oxygen atoms in total. The SMILES string of the molecule is Cc1cc(F)c2c(c1)CCC(NC(N)C(=O)Nc1cn(-c3ccccc3CNCCN(C)C)cn1)C2. The Morgan fingerprint density at radius 1 is 1.31 bits per heavy atom. The molecule has 1 amide bonds. The van der Waals surface area contributed by atoms with Crippen molar-refractivity contribution in [3.63, 3.8) is 0 Å². The fourth-order valence-corrected chi connectivity index (χ4v) is 4.61. The zero-order valence-corrected chi connectivity index (χ0v) is 21.2. The minimum Gasteiger partial charge on any atom is -0.311 e. The van der Waals surface area contributed by atoms with Crippen LogP contribution >= 0.6 is 0 Å². The number of nitrogens with two attached hydrogens (primary N) is 1. The molecule has 36 heavy (non-hydrogen) atoms. The van der Waals surface area contributed by atoms with Crippen molar-refractivity contribution in [2.24, 2.45) is 5.73 Å². The molecule has 1 aliphatic rings. The molecule has 1 aromatic heterocycles. The highest BCUT2D eigenvalue weighted by atomic mass is 19.1. The summed E-state index contributed by atoms with van der Waals surface area (Å²) in [6.07, 6.45) is 4.59. The molecule has 9 heteroatoms. The van der Waals surface area contributed by atoms with Crippen LogP contribution in [0.1, 0.15) is 28.7 Å². The molecule has 0 fully saturated rings. The smallest absolute Gasteiger partial charge is 0.257 e. The molecule has 0 bridgehead atoms. The van der Waals surface area contributed by atoms with Crippen molar-refractivity contribution in [3.8, 4) is 5.69 Å². The molecule has 2 atom stereocenters. The summed E-state index contributed by atoms with van der Waals surface area (Å²) in [6, 6.07) is 11.6. The average molecular weight is 494 g/mol. The second-order valence-corrected chi connectivity index (χ2v) is 9.73. The first-order chi connectivity index (χ1) is 17.3. The lowest BCUT2D eigenvalue weighted by molar-refractivity contribution is -0.118. The minimum atomic E-state index is -0.927.